The van der Waals surface area contributed by atoms with Crippen molar-refractivity contribution in [2.24, 2.45) is 0 Å². The van der Waals surface area contributed by atoms with Crippen LogP contribution >= 0.6 is 0 Å². The highest BCUT2D eigenvalue weighted by molar-refractivity contribution is 4.72. The van der Waals surface area contributed by atoms with E-state index in [0.717, 1.165) is 19.6 Å². The van der Waals surface area contributed by atoms with Crippen LogP contribution in [-0.2, 0) is 4.74 Å². The fourth-order valence-corrected chi connectivity index (χ4v) is 1.47. The fourth-order valence-electron chi connectivity index (χ4n) is 1.47. The zero-order chi connectivity index (χ0) is 7.56. The standard InChI is InChI=1S/C8H16NO/c1-4-9-5-7(2)10-8(3)6-9/h7-8H,1,4-6H2,2-3H3/t7-,8-/m1/s1. The zero-order valence-electron chi connectivity index (χ0n) is 6.84. The molecule has 0 unspecified atom stereocenters. The predicted molar refractivity (Wildman–Crippen MR) is 41.8 cm³/mol. The van der Waals surface area contributed by atoms with Gasteiger partial charge in [-0.25, -0.2) is 0 Å². The van der Waals surface area contributed by atoms with Gasteiger partial charge in [0.05, 0.1) is 12.2 Å². The van der Waals surface area contributed by atoms with Gasteiger partial charge in [0.1, 0.15) is 0 Å². The minimum atomic E-state index is 0.380. The normalized spacial score (nSPS) is 36.3. The van der Waals surface area contributed by atoms with Crippen LogP contribution in [0.5, 0.6) is 0 Å². The van der Waals surface area contributed by atoms with Crippen molar-refractivity contribution < 1.29 is 4.74 Å². The quantitative estimate of drug-likeness (QED) is 0.540. The molecule has 1 aliphatic rings. The smallest absolute Gasteiger partial charge is 0.0678 e. The summed E-state index contributed by atoms with van der Waals surface area (Å²) in [4.78, 5) is 2.32. The Bertz CT molecular complexity index is 95.4. The van der Waals surface area contributed by atoms with Crippen molar-refractivity contribution in [3.8, 4) is 0 Å². The first-order valence-corrected chi connectivity index (χ1v) is 3.89. The van der Waals surface area contributed by atoms with Crippen molar-refractivity contribution in [3.63, 3.8) is 0 Å². The van der Waals surface area contributed by atoms with Crippen molar-refractivity contribution in [1.82, 2.24) is 4.90 Å². The first-order valence-electron chi connectivity index (χ1n) is 3.89. The summed E-state index contributed by atoms with van der Waals surface area (Å²) in [6.45, 7) is 11.0. The average molecular weight is 142 g/mol. The molecule has 0 aliphatic carbocycles. The second-order valence-electron chi connectivity index (χ2n) is 3.02. The molecule has 0 aromatic rings. The Balaban J connectivity index is 2.35. The molecule has 1 aliphatic heterocycles. The Kier molecular flexibility index (Phi) is 2.69. The molecule has 59 valence electrons. The van der Waals surface area contributed by atoms with Gasteiger partial charge in [0, 0.05) is 13.1 Å². The molecular formula is C8H16NO. The molecule has 0 saturated carbocycles. The molecule has 0 bridgehead atoms. The van der Waals surface area contributed by atoms with Crippen LogP contribution in [-0.4, -0.2) is 36.7 Å². The van der Waals surface area contributed by atoms with Gasteiger partial charge in [-0.1, -0.05) is 0 Å². The van der Waals surface area contributed by atoms with Gasteiger partial charge < -0.3 is 4.74 Å². The summed E-state index contributed by atoms with van der Waals surface area (Å²) < 4.78 is 5.55. The predicted octanol–water partition coefficient (Wildman–Crippen LogP) is 0.930. The van der Waals surface area contributed by atoms with Crippen LogP contribution in [0.4, 0.5) is 0 Å². The summed E-state index contributed by atoms with van der Waals surface area (Å²) in [7, 11) is 0. The number of hydrogen-bond acceptors (Lipinski definition) is 2. The van der Waals surface area contributed by atoms with E-state index in [0.29, 0.717) is 12.2 Å². The third-order valence-corrected chi connectivity index (χ3v) is 1.81. The van der Waals surface area contributed by atoms with Crippen LogP contribution in [0.1, 0.15) is 13.8 Å². The van der Waals surface area contributed by atoms with Gasteiger partial charge in [-0.2, -0.15) is 0 Å². The summed E-state index contributed by atoms with van der Waals surface area (Å²) >= 11 is 0. The summed E-state index contributed by atoms with van der Waals surface area (Å²) in [6.07, 6.45) is 0.760. The van der Waals surface area contributed by atoms with Crippen molar-refractivity contribution in [1.29, 1.82) is 0 Å². The van der Waals surface area contributed by atoms with Gasteiger partial charge in [-0.3, -0.25) is 4.90 Å². The highest BCUT2D eigenvalue weighted by Crippen LogP contribution is 2.09. The molecule has 2 nitrogen and oxygen atoms in total. The first kappa shape index (κ1) is 8.02. The molecule has 1 rings (SSSR count). The van der Waals surface area contributed by atoms with E-state index >= 15 is 0 Å². The molecule has 1 fully saturated rings. The lowest BCUT2D eigenvalue weighted by atomic mass is 10.2. The van der Waals surface area contributed by atoms with Gasteiger partial charge in [-0.15, -0.1) is 0 Å². The highest BCUT2D eigenvalue weighted by atomic mass is 16.5. The van der Waals surface area contributed by atoms with E-state index in [9.17, 15) is 0 Å². The van der Waals surface area contributed by atoms with Gasteiger partial charge in [0.2, 0.25) is 0 Å². The first-order chi connectivity index (χ1) is 4.72. The van der Waals surface area contributed by atoms with Crippen molar-refractivity contribution in [2.45, 2.75) is 26.1 Å². The largest absolute Gasteiger partial charge is 0.373 e. The molecule has 0 aromatic heterocycles. The molecule has 2 atom stereocenters. The third kappa shape index (κ3) is 1.96. The van der Waals surface area contributed by atoms with Crippen molar-refractivity contribution in [2.75, 3.05) is 19.6 Å². The third-order valence-electron chi connectivity index (χ3n) is 1.81. The minimum Gasteiger partial charge on any atom is -0.373 e. The lowest BCUT2D eigenvalue weighted by Crippen LogP contribution is -2.45. The molecule has 1 heterocycles. The van der Waals surface area contributed by atoms with Crippen LogP contribution in [0.15, 0.2) is 0 Å². The fraction of sp³-hybridized carbons (Fsp3) is 0.875. The number of ether oxygens (including phenoxy) is 1. The summed E-state index contributed by atoms with van der Waals surface area (Å²) in [5, 5.41) is 0. The topological polar surface area (TPSA) is 12.5 Å². The maximum absolute atomic E-state index is 5.55. The Hall–Kier alpha value is -0.0800. The molecule has 0 N–H and O–H groups in total. The Morgan fingerprint density at radius 1 is 1.40 bits per heavy atom. The highest BCUT2D eigenvalue weighted by Gasteiger charge is 2.20. The maximum atomic E-state index is 5.55. The average Bonchev–Trinajstić information content (AvgIpc) is 1.85. The molecule has 1 radical (unpaired) electrons. The maximum Gasteiger partial charge on any atom is 0.0678 e. The molecule has 0 amide bonds. The number of nitrogens with zero attached hydrogens (tertiary/aromatic N) is 1. The minimum absolute atomic E-state index is 0.380. The van der Waals surface area contributed by atoms with E-state index in [2.05, 4.69) is 25.7 Å². The van der Waals surface area contributed by atoms with Gasteiger partial charge >= 0.3 is 0 Å². The Morgan fingerprint density at radius 3 is 2.30 bits per heavy atom. The molecule has 1 saturated heterocycles. The molecule has 0 spiro atoms. The summed E-state index contributed by atoms with van der Waals surface area (Å²) in [5.74, 6) is 0. The van der Waals surface area contributed by atoms with Crippen molar-refractivity contribution >= 4 is 0 Å². The lowest BCUT2D eigenvalue weighted by molar-refractivity contribution is -0.0648. The number of rotatable bonds is 1. The SMILES string of the molecule is [CH2]CN1C[C@@H](C)O[C@H](C)C1. The Morgan fingerprint density at radius 2 is 1.90 bits per heavy atom. The van der Waals surface area contributed by atoms with Crippen LogP contribution in [0.3, 0.4) is 0 Å². The number of hydrogen-bond donors (Lipinski definition) is 0. The molecule has 10 heavy (non-hydrogen) atoms. The van der Waals surface area contributed by atoms with Gasteiger partial charge in [0.25, 0.3) is 0 Å². The van der Waals surface area contributed by atoms with Crippen LogP contribution < -0.4 is 0 Å². The van der Waals surface area contributed by atoms with E-state index in [4.69, 9.17) is 4.74 Å². The lowest BCUT2D eigenvalue weighted by Gasteiger charge is -2.34. The zero-order valence-corrected chi connectivity index (χ0v) is 6.84. The van der Waals surface area contributed by atoms with Gasteiger partial charge in [-0.05, 0) is 27.3 Å². The summed E-state index contributed by atoms with van der Waals surface area (Å²) in [5.41, 5.74) is 0. The van der Waals surface area contributed by atoms with Gasteiger partial charge in [0.15, 0.2) is 0 Å². The van der Waals surface area contributed by atoms with Crippen molar-refractivity contribution in [3.05, 3.63) is 6.92 Å². The van der Waals surface area contributed by atoms with Crippen LogP contribution in [0, 0.1) is 6.92 Å². The molecule has 0 aromatic carbocycles. The molecular weight excluding hydrogens is 126 g/mol. The summed E-state index contributed by atoms with van der Waals surface area (Å²) in [6, 6.07) is 0. The van der Waals surface area contributed by atoms with E-state index < -0.39 is 0 Å². The van der Waals surface area contributed by atoms with Crippen LogP contribution in [0.25, 0.3) is 0 Å². The monoisotopic (exact) mass is 142 g/mol. The van der Waals surface area contributed by atoms with E-state index in [1.807, 2.05) is 0 Å². The van der Waals surface area contributed by atoms with Crippen LogP contribution in [0.2, 0.25) is 0 Å². The van der Waals surface area contributed by atoms with E-state index in [-0.39, 0.29) is 0 Å². The van der Waals surface area contributed by atoms with E-state index in [1.54, 1.807) is 0 Å². The second-order valence-corrected chi connectivity index (χ2v) is 3.02. The van der Waals surface area contributed by atoms with E-state index in [1.165, 1.54) is 0 Å². The molecule has 2 heteroatoms. The Labute approximate surface area is 63.2 Å². The number of morpholine rings is 1. The second kappa shape index (κ2) is 3.35.